The maximum atomic E-state index is 9.34. The van der Waals surface area contributed by atoms with E-state index < -0.39 is 0 Å². The summed E-state index contributed by atoms with van der Waals surface area (Å²) in [5.74, 6) is 0.626. The van der Waals surface area contributed by atoms with E-state index in [4.69, 9.17) is 10.8 Å². The van der Waals surface area contributed by atoms with Crippen molar-refractivity contribution in [1.82, 2.24) is 15.2 Å². The molecule has 1 unspecified atom stereocenters. The highest BCUT2D eigenvalue weighted by molar-refractivity contribution is 5.60. The van der Waals surface area contributed by atoms with Gasteiger partial charge in [-0.2, -0.15) is 5.10 Å². The Morgan fingerprint density at radius 2 is 2.06 bits per heavy atom. The van der Waals surface area contributed by atoms with Crippen molar-refractivity contribution in [3.8, 4) is 22.9 Å². The lowest BCUT2D eigenvalue weighted by atomic mass is 10.2. The Morgan fingerprint density at radius 3 is 2.62 bits per heavy atom. The van der Waals surface area contributed by atoms with Gasteiger partial charge >= 0.3 is 0 Å². The van der Waals surface area contributed by atoms with Crippen molar-refractivity contribution in [3.63, 3.8) is 0 Å². The smallest absolute Gasteiger partial charge is 0.181 e. The summed E-state index contributed by atoms with van der Waals surface area (Å²) >= 11 is 0. The van der Waals surface area contributed by atoms with Gasteiger partial charge in [0, 0.05) is 5.56 Å². The zero-order valence-electron chi connectivity index (χ0n) is 8.68. The first-order chi connectivity index (χ1) is 7.58. The number of phenols is 2. The van der Waals surface area contributed by atoms with Crippen LogP contribution in [0.4, 0.5) is 0 Å². The van der Waals surface area contributed by atoms with Crippen LogP contribution in [0.1, 0.15) is 18.8 Å². The third-order valence-electron chi connectivity index (χ3n) is 2.17. The number of hydrogen-bond donors (Lipinski definition) is 4. The van der Waals surface area contributed by atoms with Gasteiger partial charge in [-0.25, -0.2) is 4.98 Å². The highest BCUT2D eigenvalue weighted by Gasteiger charge is 2.10. The van der Waals surface area contributed by atoms with E-state index in [-0.39, 0.29) is 17.5 Å². The Morgan fingerprint density at radius 1 is 1.31 bits per heavy atom. The topological polar surface area (TPSA) is 108 Å². The summed E-state index contributed by atoms with van der Waals surface area (Å²) in [6, 6.07) is 4.16. The molecule has 0 spiro atoms. The van der Waals surface area contributed by atoms with Crippen molar-refractivity contribution >= 4 is 0 Å². The molecule has 16 heavy (non-hydrogen) atoms. The first kappa shape index (κ1) is 10.4. The van der Waals surface area contributed by atoms with E-state index >= 15 is 0 Å². The predicted molar refractivity (Wildman–Crippen MR) is 57.8 cm³/mol. The van der Waals surface area contributed by atoms with Crippen LogP contribution in [0.3, 0.4) is 0 Å². The molecule has 0 aliphatic carbocycles. The third-order valence-corrected chi connectivity index (χ3v) is 2.17. The lowest BCUT2D eigenvalue weighted by molar-refractivity contribution is 0.404. The second-order valence-electron chi connectivity index (χ2n) is 3.54. The van der Waals surface area contributed by atoms with Crippen LogP contribution in [-0.4, -0.2) is 25.4 Å². The van der Waals surface area contributed by atoms with E-state index in [1.807, 2.05) is 0 Å². The average Bonchev–Trinajstić information content (AvgIpc) is 2.71. The largest absolute Gasteiger partial charge is 0.504 e. The van der Waals surface area contributed by atoms with Gasteiger partial charge in [-0.1, -0.05) is 0 Å². The van der Waals surface area contributed by atoms with Crippen molar-refractivity contribution in [2.75, 3.05) is 0 Å². The number of hydrogen-bond acceptors (Lipinski definition) is 5. The van der Waals surface area contributed by atoms with Crippen LogP contribution in [0, 0.1) is 0 Å². The molecule has 0 radical (unpaired) electrons. The van der Waals surface area contributed by atoms with Crippen molar-refractivity contribution in [1.29, 1.82) is 0 Å². The fraction of sp³-hybridized carbons (Fsp3) is 0.200. The van der Waals surface area contributed by atoms with Crippen LogP contribution >= 0.6 is 0 Å². The van der Waals surface area contributed by atoms with Gasteiger partial charge in [0.05, 0.1) is 6.04 Å². The summed E-state index contributed by atoms with van der Waals surface area (Å²) in [5, 5.41) is 25.2. The van der Waals surface area contributed by atoms with E-state index in [0.717, 1.165) is 0 Å². The van der Waals surface area contributed by atoms with Gasteiger partial charge in [0.25, 0.3) is 0 Å². The molecule has 6 heteroatoms. The number of nitrogens with one attached hydrogen (secondary N) is 1. The van der Waals surface area contributed by atoms with Gasteiger partial charge in [0.2, 0.25) is 0 Å². The van der Waals surface area contributed by atoms with Gasteiger partial charge in [-0.05, 0) is 25.1 Å². The average molecular weight is 220 g/mol. The molecule has 1 atom stereocenters. The Bertz CT molecular complexity index is 507. The van der Waals surface area contributed by atoms with Gasteiger partial charge in [0.1, 0.15) is 5.82 Å². The number of rotatable bonds is 2. The number of benzene rings is 1. The van der Waals surface area contributed by atoms with E-state index in [1.54, 1.807) is 13.0 Å². The monoisotopic (exact) mass is 220 g/mol. The lowest BCUT2D eigenvalue weighted by Gasteiger charge is -1.99. The number of nitrogens with zero attached hydrogens (tertiary/aromatic N) is 2. The number of aromatic amines is 1. The SMILES string of the molecule is CC(N)c1nc(-c2ccc(O)c(O)c2)n[nH]1. The number of H-pyrrole nitrogens is 1. The number of nitrogens with two attached hydrogens (primary N) is 1. The zero-order chi connectivity index (χ0) is 11.7. The highest BCUT2D eigenvalue weighted by Crippen LogP contribution is 2.28. The van der Waals surface area contributed by atoms with Crippen LogP contribution in [0.25, 0.3) is 11.4 Å². The van der Waals surface area contributed by atoms with E-state index in [2.05, 4.69) is 15.2 Å². The first-order valence-electron chi connectivity index (χ1n) is 4.78. The van der Waals surface area contributed by atoms with Gasteiger partial charge < -0.3 is 15.9 Å². The van der Waals surface area contributed by atoms with E-state index in [9.17, 15) is 5.11 Å². The molecule has 1 aromatic heterocycles. The first-order valence-corrected chi connectivity index (χ1v) is 4.78. The molecule has 84 valence electrons. The Labute approximate surface area is 91.8 Å². The zero-order valence-corrected chi connectivity index (χ0v) is 8.68. The van der Waals surface area contributed by atoms with Crippen molar-refractivity contribution in [2.24, 2.45) is 5.73 Å². The Balaban J connectivity index is 2.39. The van der Waals surface area contributed by atoms with Crippen molar-refractivity contribution < 1.29 is 10.2 Å². The molecule has 0 bridgehead atoms. The summed E-state index contributed by atoms with van der Waals surface area (Å²) in [6.07, 6.45) is 0. The Kier molecular flexibility index (Phi) is 2.49. The molecule has 0 amide bonds. The maximum Gasteiger partial charge on any atom is 0.181 e. The Hall–Kier alpha value is -2.08. The molecule has 0 fully saturated rings. The highest BCUT2D eigenvalue weighted by atomic mass is 16.3. The van der Waals surface area contributed by atoms with Crippen LogP contribution in [0.2, 0.25) is 0 Å². The molecule has 0 aliphatic rings. The minimum atomic E-state index is -0.230. The molecule has 0 saturated carbocycles. The van der Waals surface area contributed by atoms with Gasteiger partial charge in [-0.3, -0.25) is 5.10 Å². The molecule has 6 nitrogen and oxygen atoms in total. The molecule has 0 saturated heterocycles. The molecular weight excluding hydrogens is 208 g/mol. The van der Waals surface area contributed by atoms with Crippen LogP contribution in [0.15, 0.2) is 18.2 Å². The summed E-state index contributed by atoms with van der Waals surface area (Å²) in [4.78, 5) is 4.17. The van der Waals surface area contributed by atoms with Gasteiger partial charge in [0.15, 0.2) is 17.3 Å². The fourth-order valence-electron chi connectivity index (χ4n) is 1.27. The number of aromatic hydroxyl groups is 2. The van der Waals surface area contributed by atoms with Crippen LogP contribution in [-0.2, 0) is 0 Å². The summed E-state index contributed by atoms with van der Waals surface area (Å²) in [7, 11) is 0. The summed E-state index contributed by atoms with van der Waals surface area (Å²) < 4.78 is 0. The quantitative estimate of drug-likeness (QED) is 0.562. The maximum absolute atomic E-state index is 9.34. The molecule has 2 aromatic rings. The summed E-state index contributed by atoms with van der Waals surface area (Å²) in [6.45, 7) is 1.79. The predicted octanol–water partition coefficient (Wildman–Crippen LogP) is 0.903. The standard InChI is InChI=1S/C10H12N4O2/c1-5(11)9-12-10(14-13-9)6-2-3-7(15)8(16)4-6/h2-5,15-16H,11H2,1H3,(H,12,13,14). The van der Waals surface area contributed by atoms with Crippen LogP contribution in [0.5, 0.6) is 11.5 Å². The van der Waals surface area contributed by atoms with E-state index in [1.165, 1.54) is 12.1 Å². The van der Waals surface area contributed by atoms with Crippen molar-refractivity contribution in [3.05, 3.63) is 24.0 Å². The van der Waals surface area contributed by atoms with Crippen molar-refractivity contribution in [2.45, 2.75) is 13.0 Å². The molecule has 0 aliphatic heterocycles. The molecule has 1 heterocycles. The molecular formula is C10H12N4O2. The number of phenolic OH excluding ortho intramolecular Hbond substituents is 2. The minimum Gasteiger partial charge on any atom is -0.504 e. The summed E-state index contributed by atoms with van der Waals surface area (Å²) in [5.41, 5.74) is 6.25. The van der Waals surface area contributed by atoms with Crippen LogP contribution < -0.4 is 5.73 Å². The second-order valence-corrected chi connectivity index (χ2v) is 3.54. The third kappa shape index (κ3) is 1.82. The normalized spacial score (nSPS) is 12.6. The second kappa shape index (κ2) is 3.82. The van der Waals surface area contributed by atoms with E-state index in [0.29, 0.717) is 17.2 Å². The molecule has 2 rings (SSSR count). The molecule has 1 aromatic carbocycles. The molecule has 5 N–H and O–H groups in total. The fourth-order valence-corrected chi connectivity index (χ4v) is 1.27. The van der Waals surface area contributed by atoms with Gasteiger partial charge in [-0.15, -0.1) is 0 Å². The minimum absolute atomic E-state index is 0.174. The lowest BCUT2D eigenvalue weighted by Crippen LogP contribution is -2.06. The number of aromatic nitrogens is 3.